The Morgan fingerprint density at radius 3 is 2.64 bits per heavy atom. The lowest BCUT2D eigenvalue weighted by Gasteiger charge is -2.37. The average molecular weight is 561 g/mol. The van der Waals surface area contributed by atoms with Crippen LogP contribution in [0.2, 0.25) is 0 Å². The number of carbonyl (C=O) groups is 1. The molecule has 2 aliphatic rings. The summed E-state index contributed by atoms with van der Waals surface area (Å²) in [6.45, 7) is 2.73. The minimum absolute atomic E-state index is 0.00214. The molecule has 3 unspecified atom stereocenters. The van der Waals surface area contributed by atoms with Gasteiger partial charge in [0.15, 0.2) is 5.60 Å². The number of phenols is 1. The molecule has 3 atom stereocenters. The summed E-state index contributed by atoms with van der Waals surface area (Å²) in [6.07, 6.45) is 1.03. The molecule has 2 aliphatic heterocycles. The predicted molar refractivity (Wildman–Crippen MR) is 112 cm³/mol. The number of phenolic OH excluding ortho intramolecular Hbond substituents is 1. The van der Waals surface area contributed by atoms with Gasteiger partial charge in [-0.1, -0.05) is 30.3 Å². The van der Waals surface area contributed by atoms with Crippen LogP contribution < -0.4 is 0 Å². The van der Waals surface area contributed by atoms with Crippen LogP contribution in [-0.4, -0.2) is 35.6 Å². The number of fused-ring (bicyclic) bond motifs is 2. The number of hydrogen-bond donors (Lipinski definition) is 1. The van der Waals surface area contributed by atoms with E-state index in [-0.39, 0.29) is 11.3 Å². The SMILES string of the molecule is O=C(OC1(c2ccccc2)CN2CCC1C2)c1cc(I)cc(I)c1O. The number of aromatic hydroxyl groups is 1. The molecule has 130 valence electrons. The summed E-state index contributed by atoms with van der Waals surface area (Å²) in [7, 11) is 0. The van der Waals surface area contributed by atoms with Crippen molar-refractivity contribution in [2.24, 2.45) is 5.92 Å². The maximum atomic E-state index is 13.0. The lowest BCUT2D eigenvalue weighted by Crippen LogP contribution is -2.43. The summed E-state index contributed by atoms with van der Waals surface area (Å²) in [5.74, 6) is -0.160. The van der Waals surface area contributed by atoms with Crippen LogP contribution in [0.25, 0.3) is 0 Å². The molecular formula is C19H17I2NO3. The van der Waals surface area contributed by atoms with E-state index < -0.39 is 11.6 Å². The van der Waals surface area contributed by atoms with Crippen molar-refractivity contribution in [3.63, 3.8) is 0 Å². The highest BCUT2D eigenvalue weighted by molar-refractivity contribution is 14.1. The molecule has 2 fully saturated rings. The van der Waals surface area contributed by atoms with Gasteiger partial charge in [-0.25, -0.2) is 4.79 Å². The van der Waals surface area contributed by atoms with Gasteiger partial charge in [0, 0.05) is 22.6 Å². The fraction of sp³-hybridized carbons (Fsp3) is 0.316. The molecule has 2 heterocycles. The zero-order chi connectivity index (χ0) is 17.6. The van der Waals surface area contributed by atoms with E-state index in [2.05, 4.69) is 27.5 Å². The van der Waals surface area contributed by atoms with Crippen molar-refractivity contribution in [1.82, 2.24) is 4.90 Å². The summed E-state index contributed by atoms with van der Waals surface area (Å²) in [4.78, 5) is 15.3. The van der Waals surface area contributed by atoms with E-state index >= 15 is 0 Å². The van der Waals surface area contributed by atoms with Crippen molar-refractivity contribution in [2.45, 2.75) is 12.0 Å². The second kappa shape index (κ2) is 6.70. The average Bonchev–Trinajstić information content (AvgIpc) is 3.20. The van der Waals surface area contributed by atoms with Crippen molar-refractivity contribution in [3.8, 4) is 5.75 Å². The fourth-order valence-electron chi connectivity index (χ4n) is 3.98. The second-order valence-corrected chi connectivity index (χ2v) is 9.06. The molecule has 0 aliphatic carbocycles. The van der Waals surface area contributed by atoms with Crippen molar-refractivity contribution in [1.29, 1.82) is 0 Å². The minimum Gasteiger partial charge on any atom is -0.506 e. The molecule has 25 heavy (non-hydrogen) atoms. The maximum absolute atomic E-state index is 13.0. The van der Waals surface area contributed by atoms with E-state index in [1.54, 1.807) is 6.07 Å². The van der Waals surface area contributed by atoms with Gasteiger partial charge < -0.3 is 9.84 Å². The number of piperidine rings is 1. The molecule has 0 radical (unpaired) electrons. The molecule has 0 amide bonds. The smallest absolute Gasteiger partial charge is 0.342 e. The Kier molecular flexibility index (Phi) is 4.70. The van der Waals surface area contributed by atoms with Crippen LogP contribution in [0.1, 0.15) is 22.3 Å². The Bertz CT molecular complexity index is 827. The molecule has 0 spiro atoms. The Morgan fingerprint density at radius 2 is 2.00 bits per heavy atom. The van der Waals surface area contributed by atoms with Crippen LogP contribution in [0, 0.1) is 13.1 Å². The number of halogens is 2. The molecule has 2 aromatic rings. The molecule has 1 N–H and O–H groups in total. The van der Waals surface area contributed by atoms with Crippen LogP contribution >= 0.6 is 45.2 Å². The van der Waals surface area contributed by atoms with Crippen molar-refractivity contribution >= 4 is 51.2 Å². The molecule has 2 saturated heterocycles. The summed E-state index contributed by atoms with van der Waals surface area (Å²) in [5, 5.41) is 10.3. The van der Waals surface area contributed by atoms with E-state index in [9.17, 15) is 9.90 Å². The molecule has 4 nitrogen and oxygen atoms in total. The minimum atomic E-state index is -0.629. The van der Waals surface area contributed by atoms with Crippen LogP contribution in [0.5, 0.6) is 5.75 Å². The lowest BCUT2D eigenvalue weighted by atomic mass is 9.81. The van der Waals surface area contributed by atoms with Crippen molar-refractivity contribution in [2.75, 3.05) is 19.6 Å². The van der Waals surface area contributed by atoms with Crippen LogP contribution in [0.15, 0.2) is 42.5 Å². The Balaban J connectivity index is 1.72. The monoisotopic (exact) mass is 561 g/mol. The summed E-state index contributed by atoms with van der Waals surface area (Å²) in [6, 6.07) is 13.5. The number of carbonyl (C=O) groups excluding carboxylic acids is 1. The first-order valence-corrected chi connectivity index (χ1v) is 10.3. The Hall–Kier alpha value is -0.870. The number of ether oxygens (including phenoxy) is 1. The van der Waals surface area contributed by atoms with E-state index in [0.29, 0.717) is 9.49 Å². The van der Waals surface area contributed by atoms with Gasteiger partial charge in [-0.05, 0) is 75.8 Å². The number of rotatable bonds is 3. The van der Waals surface area contributed by atoms with Crippen molar-refractivity contribution < 1.29 is 14.6 Å². The number of hydrogen-bond acceptors (Lipinski definition) is 4. The first-order valence-electron chi connectivity index (χ1n) is 8.19. The van der Waals surface area contributed by atoms with Gasteiger partial charge in [-0.2, -0.15) is 0 Å². The molecule has 2 aromatic carbocycles. The van der Waals surface area contributed by atoms with E-state index in [4.69, 9.17) is 4.74 Å². The van der Waals surface area contributed by atoms with Gasteiger partial charge in [0.1, 0.15) is 11.3 Å². The summed E-state index contributed by atoms with van der Waals surface area (Å²) < 4.78 is 7.70. The van der Waals surface area contributed by atoms with Crippen LogP contribution in [0.4, 0.5) is 0 Å². The first-order chi connectivity index (χ1) is 12.0. The highest BCUT2D eigenvalue weighted by Gasteiger charge is 2.54. The normalized spacial score (nSPS) is 27.4. The Labute approximate surface area is 173 Å². The molecule has 0 saturated carbocycles. The topological polar surface area (TPSA) is 49.8 Å². The van der Waals surface area contributed by atoms with E-state index in [1.165, 1.54) is 0 Å². The third-order valence-corrected chi connectivity index (χ3v) is 6.62. The highest BCUT2D eigenvalue weighted by Crippen LogP contribution is 2.47. The quantitative estimate of drug-likeness (QED) is 0.456. The number of esters is 1. The van der Waals surface area contributed by atoms with Crippen LogP contribution in [-0.2, 0) is 10.3 Å². The van der Waals surface area contributed by atoms with Gasteiger partial charge in [0.05, 0.1) is 3.57 Å². The summed E-state index contributed by atoms with van der Waals surface area (Å²) in [5.41, 5.74) is 0.648. The summed E-state index contributed by atoms with van der Waals surface area (Å²) >= 11 is 4.18. The molecular weight excluding hydrogens is 544 g/mol. The van der Waals surface area contributed by atoms with Gasteiger partial charge in [-0.3, -0.25) is 4.90 Å². The zero-order valence-corrected chi connectivity index (χ0v) is 17.7. The predicted octanol–water partition coefficient (Wildman–Crippen LogP) is 3.99. The molecule has 4 rings (SSSR count). The maximum Gasteiger partial charge on any atom is 0.342 e. The molecule has 6 heteroatoms. The number of benzene rings is 2. The standard InChI is InChI=1S/C19H17I2NO3/c20-14-8-15(17(23)16(21)9-14)18(24)25-19(12-4-2-1-3-5-12)11-22-7-6-13(19)10-22/h1-5,8-9,13,23H,6-7,10-11H2. The van der Waals surface area contributed by atoms with Gasteiger partial charge in [-0.15, -0.1) is 0 Å². The third-order valence-electron chi connectivity index (χ3n) is 5.18. The van der Waals surface area contributed by atoms with E-state index in [1.807, 2.05) is 59.0 Å². The van der Waals surface area contributed by atoms with Gasteiger partial charge in [0.25, 0.3) is 0 Å². The van der Waals surface area contributed by atoms with E-state index in [0.717, 1.165) is 35.2 Å². The Morgan fingerprint density at radius 1 is 1.24 bits per heavy atom. The van der Waals surface area contributed by atoms with Crippen molar-refractivity contribution in [3.05, 3.63) is 60.7 Å². The first kappa shape index (κ1) is 17.5. The third kappa shape index (κ3) is 3.06. The van der Waals surface area contributed by atoms with Gasteiger partial charge >= 0.3 is 5.97 Å². The highest BCUT2D eigenvalue weighted by atomic mass is 127. The second-order valence-electron chi connectivity index (χ2n) is 6.65. The zero-order valence-electron chi connectivity index (χ0n) is 13.4. The number of nitrogens with zero attached hydrogens (tertiary/aromatic N) is 1. The largest absolute Gasteiger partial charge is 0.506 e. The van der Waals surface area contributed by atoms with Crippen LogP contribution in [0.3, 0.4) is 0 Å². The molecule has 2 bridgehead atoms. The van der Waals surface area contributed by atoms with Gasteiger partial charge in [0.2, 0.25) is 0 Å². The lowest BCUT2D eigenvalue weighted by molar-refractivity contribution is -0.0473. The molecule has 0 aromatic heterocycles. The fourth-order valence-corrected chi connectivity index (χ4v) is 5.83.